The molecule has 0 aromatic carbocycles. The minimum atomic E-state index is -1.97. The smallest absolute Gasteiger partial charge is 0.0618 e. The largest absolute Gasteiger partial charge is 0.771 e. The van der Waals surface area contributed by atoms with Gasteiger partial charge in [-0.2, -0.15) is 0 Å². The first kappa shape index (κ1) is 11.6. The summed E-state index contributed by atoms with van der Waals surface area (Å²) in [6.45, 7) is 1.63. The van der Waals surface area contributed by atoms with E-state index in [1.54, 1.807) is 18.6 Å². The minimum absolute atomic E-state index is 0.146. The molecule has 0 saturated carbocycles. The summed E-state index contributed by atoms with van der Waals surface area (Å²) >= 11 is -1.97. The summed E-state index contributed by atoms with van der Waals surface area (Å²) in [5.74, 6) is 0.567. The zero-order valence-corrected chi connectivity index (χ0v) is 9.73. The van der Waals surface area contributed by atoms with Crippen molar-refractivity contribution in [3.63, 3.8) is 0 Å². The molecular weight excluding hydrogens is 226 g/mol. The van der Waals surface area contributed by atoms with Gasteiger partial charge in [0.05, 0.1) is 11.6 Å². The molecule has 0 radical (unpaired) electrons. The molecule has 88 valence electrons. The van der Waals surface area contributed by atoms with Gasteiger partial charge < -0.3 is 4.55 Å². The number of piperidine rings is 1. The summed E-state index contributed by atoms with van der Waals surface area (Å²) < 4.78 is 21.1. The van der Waals surface area contributed by atoms with Crippen LogP contribution in [0.4, 0.5) is 0 Å². The summed E-state index contributed by atoms with van der Waals surface area (Å²) in [5.41, 5.74) is 1.02. The first-order valence-corrected chi connectivity index (χ1v) is 6.54. The van der Waals surface area contributed by atoms with Gasteiger partial charge in [-0.1, -0.05) is 0 Å². The summed E-state index contributed by atoms with van der Waals surface area (Å²) in [7, 11) is 0. The predicted molar refractivity (Wildman–Crippen MR) is 59.4 cm³/mol. The molecule has 1 fully saturated rings. The Morgan fingerprint density at radius 1 is 1.44 bits per heavy atom. The van der Waals surface area contributed by atoms with E-state index in [4.69, 9.17) is 0 Å². The molecule has 0 aliphatic carbocycles. The topological polar surface area (TPSA) is 69.2 Å². The van der Waals surface area contributed by atoms with Gasteiger partial charge in [-0.3, -0.25) is 19.1 Å². The molecule has 1 unspecified atom stereocenters. The molecule has 1 aliphatic heterocycles. The molecule has 1 aliphatic rings. The summed E-state index contributed by atoms with van der Waals surface area (Å²) in [4.78, 5) is 10.3. The van der Waals surface area contributed by atoms with Crippen molar-refractivity contribution in [3.05, 3.63) is 24.3 Å². The van der Waals surface area contributed by atoms with E-state index in [9.17, 15) is 8.76 Å². The fourth-order valence-electron chi connectivity index (χ4n) is 2.03. The monoisotopic (exact) mass is 240 g/mol. The maximum absolute atomic E-state index is 10.6. The Morgan fingerprint density at radius 3 is 2.75 bits per heavy atom. The highest BCUT2D eigenvalue weighted by Crippen LogP contribution is 2.25. The van der Waals surface area contributed by atoms with Crippen LogP contribution in [0.15, 0.2) is 18.6 Å². The van der Waals surface area contributed by atoms with Crippen molar-refractivity contribution < 1.29 is 8.76 Å². The van der Waals surface area contributed by atoms with E-state index in [0.29, 0.717) is 5.92 Å². The summed E-state index contributed by atoms with van der Waals surface area (Å²) in [6, 6.07) is 0. The third-order valence-corrected chi connectivity index (χ3v) is 3.45. The van der Waals surface area contributed by atoms with Crippen LogP contribution in [-0.2, 0) is 11.1 Å². The Morgan fingerprint density at radius 2 is 2.19 bits per heavy atom. The number of aromatic nitrogens is 2. The Labute approximate surface area is 97.2 Å². The molecule has 0 amide bonds. The molecule has 2 rings (SSSR count). The van der Waals surface area contributed by atoms with Gasteiger partial charge in [0.2, 0.25) is 0 Å². The van der Waals surface area contributed by atoms with Crippen molar-refractivity contribution in [2.24, 2.45) is 0 Å². The normalized spacial score (nSPS) is 20.8. The summed E-state index contributed by atoms with van der Waals surface area (Å²) in [6.07, 6.45) is 7.07. The van der Waals surface area contributed by atoms with E-state index in [2.05, 4.69) is 9.97 Å². The quantitative estimate of drug-likeness (QED) is 0.719. The minimum Gasteiger partial charge on any atom is -0.771 e. The molecule has 1 aromatic heterocycles. The van der Waals surface area contributed by atoms with Crippen LogP contribution in [0.3, 0.4) is 0 Å². The van der Waals surface area contributed by atoms with Crippen molar-refractivity contribution in [1.29, 1.82) is 0 Å². The highest BCUT2D eigenvalue weighted by Gasteiger charge is 2.21. The third kappa shape index (κ3) is 3.07. The maximum atomic E-state index is 10.6. The van der Waals surface area contributed by atoms with Crippen LogP contribution in [0.5, 0.6) is 0 Å². The van der Waals surface area contributed by atoms with Gasteiger partial charge in [0.15, 0.2) is 0 Å². The Kier molecular flexibility index (Phi) is 3.98. The van der Waals surface area contributed by atoms with Crippen molar-refractivity contribution in [2.45, 2.75) is 18.8 Å². The highest BCUT2D eigenvalue weighted by molar-refractivity contribution is 7.79. The van der Waals surface area contributed by atoms with E-state index in [0.717, 1.165) is 31.6 Å². The van der Waals surface area contributed by atoms with E-state index >= 15 is 0 Å². The lowest BCUT2D eigenvalue weighted by Crippen LogP contribution is -2.35. The lowest BCUT2D eigenvalue weighted by molar-refractivity contribution is 0.238. The van der Waals surface area contributed by atoms with Crippen LogP contribution in [0.25, 0.3) is 0 Å². The molecule has 2 heterocycles. The predicted octanol–water partition coefficient (Wildman–Crippen LogP) is 0.493. The van der Waals surface area contributed by atoms with Crippen LogP contribution in [0.2, 0.25) is 0 Å². The average Bonchev–Trinajstić information content (AvgIpc) is 2.30. The second-order valence-electron chi connectivity index (χ2n) is 3.96. The van der Waals surface area contributed by atoms with Crippen LogP contribution in [0, 0.1) is 0 Å². The van der Waals surface area contributed by atoms with E-state index in [1.165, 1.54) is 0 Å². The molecule has 1 aromatic rings. The van der Waals surface area contributed by atoms with Crippen molar-refractivity contribution in [1.82, 2.24) is 14.9 Å². The van der Waals surface area contributed by atoms with Gasteiger partial charge in [-0.05, 0) is 37.0 Å². The van der Waals surface area contributed by atoms with E-state index < -0.39 is 11.1 Å². The number of hydrogen-bond acceptors (Lipinski definition) is 5. The molecule has 16 heavy (non-hydrogen) atoms. The fourth-order valence-corrected chi connectivity index (χ4v) is 2.58. The number of nitrogens with zero attached hydrogens (tertiary/aromatic N) is 3. The van der Waals surface area contributed by atoms with E-state index in [-0.39, 0.29) is 5.88 Å². The third-order valence-electron chi connectivity index (χ3n) is 2.88. The van der Waals surface area contributed by atoms with Crippen molar-refractivity contribution in [2.75, 3.05) is 19.0 Å². The van der Waals surface area contributed by atoms with Crippen LogP contribution in [-0.4, -0.2) is 42.6 Å². The fraction of sp³-hybridized carbons (Fsp3) is 0.600. The van der Waals surface area contributed by atoms with Gasteiger partial charge in [0, 0.05) is 24.5 Å². The molecule has 0 spiro atoms. The lowest BCUT2D eigenvalue weighted by Gasteiger charge is -2.31. The number of hydrogen-bond donors (Lipinski definition) is 0. The Bertz CT molecular complexity index is 352. The lowest BCUT2D eigenvalue weighted by atomic mass is 9.94. The Hall–Kier alpha value is -0.850. The molecule has 6 heteroatoms. The zero-order valence-electron chi connectivity index (χ0n) is 8.91. The molecular formula is C10H14N3O2S-. The van der Waals surface area contributed by atoms with Crippen LogP contribution in [0.1, 0.15) is 24.5 Å². The van der Waals surface area contributed by atoms with E-state index in [1.807, 2.05) is 4.90 Å². The van der Waals surface area contributed by atoms with Gasteiger partial charge in [0.1, 0.15) is 0 Å². The first-order chi connectivity index (χ1) is 7.75. The van der Waals surface area contributed by atoms with Crippen molar-refractivity contribution >= 4 is 11.1 Å². The van der Waals surface area contributed by atoms with Crippen molar-refractivity contribution in [3.8, 4) is 0 Å². The molecule has 1 atom stereocenters. The van der Waals surface area contributed by atoms with Crippen LogP contribution >= 0.6 is 0 Å². The van der Waals surface area contributed by atoms with Gasteiger partial charge in [0.25, 0.3) is 0 Å². The number of likely N-dealkylation sites (tertiary alicyclic amines) is 1. The van der Waals surface area contributed by atoms with Gasteiger partial charge in [-0.15, -0.1) is 0 Å². The molecule has 5 nitrogen and oxygen atoms in total. The average molecular weight is 240 g/mol. The SMILES string of the molecule is O=S([O-])CN1CCC(c2cnccn2)CC1. The zero-order chi connectivity index (χ0) is 11.4. The molecule has 0 bridgehead atoms. The highest BCUT2D eigenvalue weighted by atomic mass is 32.2. The standard InChI is InChI=1S/C10H15N3O2S/c14-16(15)8-13-5-1-9(2-6-13)10-7-11-3-4-12-10/h3-4,7,9H,1-2,5-6,8H2,(H,14,15)/p-1. The van der Waals surface area contributed by atoms with Crippen LogP contribution < -0.4 is 0 Å². The second kappa shape index (κ2) is 5.47. The molecule has 0 N–H and O–H groups in total. The number of rotatable bonds is 3. The maximum Gasteiger partial charge on any atom is 0.0618 e. The second-order valence-corrected chi connectivity index (χ2v) is 4.82. The summed E-state index contributed by atoms with van der Waals surface area (Å²) in [5, 5.41) is 0. The van der Waals surface area contributed by atoms with Gasteiger partial charge in [-0.25, -0.2) is 0 Å². The molecule has 1 saturated heterocycles. The van der Waals surface area contributed by atoms with Gasteiger partial charge >= 0.3 is 0 Å². The Balaban J connectivity index is 1.88. The first-order valence-electron chi connectivity index (χ1n) is 5.30.